The van der Waals surface area contributed by atoms with E-state index < -0.39 is 0 Å². The van der Waals surface area contributed by atoms with Crippen LogP contribution in [-0.2, 0) is 5.41 Å². The summed E-state index contributed by atoms with van der Waals surface area (Å²) in [5.74, 6) is 0. The number of hydrogen-bond acceptors (Lipinski definition) is 1. The summed E-state index contributed by atoms with van der Waals surface area (Å²) >= 11 is 0. The highest BCUT2D eigenvalue weighted by Gasteiger charge is 2.42. The van der Waals surface area contributed by atoms with Gasteiger partial charge < -0.3 is 9.47 Å². The molecule has 1 aliphatic carbocycles. The smallest absolute Gasteiger partial charge is 0.0541 e. The molecule has 2 heteroatoms. The molecule has 0 saturated heterocycles. The van der Waals surface area contributed by atoms with Crippen molar-refractivity contribution in [1.29, 1.82) is 0 Å². The lowest BCUT2D eigenvalue weighted by molar-refractivity contribution is 0.714. The number of anilines is 3. The zero-order valence-electron chi connectivity index (χ0n) is 32.3. The highest BCUT2D eigenvalue weighted by Crippen LogP contribution is 2.55. The van der Waals surface area contributed by atoms with Gasteiger partial charge in [-0.3, -0.25) is 0 Å². The van der Waals surface area contributed by atoms with Crippen LogP contribution in [0.1, 0.15) is 23.6 Å². The molecule has 0 unspecified atom stereocenters. The lowest BCUT2D eigenvalue weighted by Gasteiger charge is -2.35. The standard InChI is InChI=1S/C56H40N2/c1-56(50-23-11-8-20-46(50)47-21-9-12-24-51(47)56)52-25-13-15-27-55(52)57(44-33-28-40(29-34-44)39-16-4-2-5-17-39)45-35-30-41(31-36-45)42-32-37-54-49(38-42)48-22-10-14-26-53(48)58(54)43-18-6-3-7-19-43/h2-38H,1H3. The molecule has 11 rings (SSSR count). The number of nitrogens with zero attached hydrogens (tertiary/aromatic N) is 2. The normalized spacial score (nSPS) is 12.7. The summed E-state index contributed by atoms with van der Waals surface area (Å²) < 4.78 is 2.37. The molecule has 1 aliphatic rings. The van der Waals surface area contributed by atoms with E-state index in [4.69, 9.17) is 0 Å². The first kappa shape index (κ1) is 33.9. The second-order valence-electron chi connectivity index (χ2n) is 15.4. The zero-order valence-corrected chi connectivity index (χ0v) is 32.3. The number of aromatic nitrogens is 1. The van der Waals surface area contributed by atoms with Crippen LogP contribution in [0, 0.1) is 0 Å². The average Bonchev–Trinajstić information content (AvgIpc) is 3.77. The fourth-order valence-electron chi connectivity index (χ4n) is 9.51. The van der Waals surface area contributed by atoms with Gasteiger partial charge in [-0.05, 0) is 118 Å². The van der Waals surface area contributed by atoms with E-state index in [1.807, 2.05) is 0 Å². The highest BCUT2D eigenvalue weighted by molar-refractivity contribution is 6.10. The van der Waals surface area contributed by atoms with E-state index in [9.17, 15) is 0 Å². The van der Waals surface area contributed by atoms with Gasteiger partial charge in [0.1, 0.15) is 0 Å². The summed E-state index contributed by atoms with van der Waals surface area (Å²) in [5.41, 5.74) is 17.9. The first-order valence-corrected chi connectivity index (χ1v) is 20.1. The van der Waals surface area contributed by atoms with Crippen LogP contribution < -0.4 is 4.90 Å². The molecule has 9 aromatic carbocycles. The van der Waals surface area contributed by atoms with E-state index in [0.717, 1.165) is 17.1 Å². The molecule has 0 fully saturated rings. The summed E-state index contributed by atoms with van der Waals surface area (Å²) in [6, 6.07) is 81.9. The minimum atomic E-state index is -0.361. The van der Waals surface area contributed by atoms with Crippen LogP contribution in [0.15, 0.2) is 224 Å². The molecule has 274 valence electrons. The largest absolute Gasteiger partial charge is 0.310 e. The van der Waals surface area contributed by atoms with Gasteiger partial charge in [0.2, 0.25) is 0 Å². The topological polar surface area (TPSA) is 8.17 Å². The lowest BCUT2D eigenvalue weighted by atomic mass is 9.73. The third-order valence-electron chi connectivity index (χ3n) is 12.3. The van der Waals surface area contributed by atoms with Crippen LogP contribution in [0.4, 0.5) is 17.1 Å². The summed E-state index contributed by atoms with van der Waals surface area (Å²) in [5, 5.41) is 2.51. The van der Waals surface area contributed by atoms with Crippen LogP contribution >= 0.6 is 0 Å². The first-order chi connectivity index (χ1) is 28.7. The Kier molecular flexibility index (Phi) is 7.97. The van der Waals surface area contributed by atoms with E-state index in [-0.39, 0.29) is 5.41 Å². The van der Waals surface area contributed by atoms with Crippen molar-refractivity contribution in [3.05, 3.63) is 241 Å². The minimum Gasteiger partial charge on any atom is -0.310 e. The van der Waals surface area contributed by atoms with E-state index in [0.29, 0.717) is 0 Å². The van der Waals surface area contributed by atoms with Crippen molar-refractivity contribution in [3.8, 4) is 39.1 Å². The number of para-hydroxylation sites is 3. The molecule has 0 atom stereocenters. The van der Waals surface area contributed by atoms with Crippen molar-refractivity contribution in [2.45, 2.75) is 12.3 Å². The maximum absolute atomic E-state index is 2.44. The minimum absolute atomic E-state index is 0.361. The van der Waals surface area contributed by atoms with Gasteiger partial charge in [0.15, 0.2) is 0 Å². The Hall–Kier alpha value is -7.42. The highest BCUT2D eigenvalue weighted by atomic mass is 15.1. The maximum atomic E-state index is 2.44. The Labute approximate surface area is 339 Å². The van der Waals surface area contributed by atoms with Gasteiger partial charge in [-0.25, -0.2) is 0 Å². The lowest BCUT2D eigenvalue weighted by Crippen LogP contribution is -2.25. The van der Waals surface area contributed by atoms with E-state index in [1.165, 1.54) is 77.6 Å². The monoisotopic (exact) mass is 740 g/mol. The molecular formula is C56H40N2. The predicted molar refractivity (Wildman–Crippen MR) is 244 cm³/mol. The van der Waals surface area contributed by atoms with Gasteiger partial charge in [-0.2, -0.15) is 0 Å². The molecule has 0 spiro atoms. The maximum Gasteiger partial charge on any atom is 0.0541 e. The van der Waals surface area contributed by atoms with Gasteiger partial charge in [-0.15, -0.1) is 0 Å². The average molecular weight is 741 g/mol. The number of rotatable bonds is 7. The third-order valence-corrected chi connectivity index (χ3v) is 12.3. The molecule has 10 aromatic rings. The Bertz CT molecular complexity index is 3060. The van der Waals surface area contributed by atoms with Gasteiger partial charge in [0, 0.05) is 33.2 Å². The Morgan fingerprint density at radius 2 is 0.828 bits per heavy atom. The van der Waals surface area contributed by atoms with E-state index >= 15 is 0 Å². The molecule has 0 amide bonds. The molecule has 1 heterocycles. The summed E-state index contributed by atoms with van der Waals surface area (Å²) in [6.45, 7) is 2.40. The van der Waals surface area contributed by atoms with Crippen LogP contribution in [0.25, 0.3) is 60.9 Å². The van der Waals surface area contributed by atoms with Crippen LogP contribution in [-0.4, -0.2) is 4.57 Å². The number of fused-ring (bicyclic) bond motifs is 6. The molecule has 0 N–H and O–H groups in total. The molecular weight excluding hydrogens is 701 g/mol. The van der Waals surface area contributed by atoms with E-state index in [2.05, 4.69) is 241 Å². The second kappa shape index (κ2) is 13.7. The van der Waals surface area contributed by atoms with Crippen LogP contribution in [0.3, 0.4) is 0 Å². The quantitative estimate of drug-likeness (QED) is 0.158. The van der Waals surface area contributed by atoms with E-state index in [1.54, 1.807) is 0 Å². The fraction of sp³-hybridized carbons (Fsp3) is 0.0357. The van der Waals surface area contributed by atoms with Crippen LogP contribution in [0.2, 0.25) is 0 Å². The molecule has 0 bridgehead atoms. The number of benzene rings is 9. The van der Waals surface area contributed by atoms with Gasteiger partial charge >= 0.3 is 0 Å². The Balaban J connectivity index is 1.05. The molecule has 2 nitrogen and oxygen atoms in total. The third kappa shape index (κ3) is 5.33. The molecule has 58 heavy (non-hydrogen) atoms. The second-order valence-corrected chi connectivity index (χ2v) is 15.4. The number of hydrogen-bond donors (Lipinski definition) is 0. The van der Waals surface area contributed by atoms with Gasteiger partial charge in [0.25, 0.3) is 0 Å². The molecule has 1 aromatic heterocycles. The SMILES string of the molecule is CC1(c2ccccc2N(c2ccc(-c3ccccc3)cc2)c2ccc(-c3ccc4c(c3)c3ccccc3n4-c3ccccc3)cc2)c2ccccc2-c2ccccc21. The first-order valence-electron chi connectivity index (χ1n) is 20.1. The van der Waals surface area contributed by atoms with Gasteiger partial charge in [0.05, 0.1) is 16.7 Å². The summed E-state index contributed by atoms with van der Waals surface area (Å²) in [7, 11) is 0. The fourth-order valence-corrected chi connectivity index (χ4v) is 9.51. The summed E-state index contributed by atoms with van der Waals surface area (Å²) in [4.78, 5) is 2.44. The van der Waals surface area contributed by atoms with Gasteiger partial charge in [-0.1, -0.05) is 164 Å². The molecule has 0 radical (unpaired) electrons. The molecule has 0 aliphatic heterocycles. The van der Waals surface area contributed by atoms with Crippen LogP contribution in [0.5, 0.6) is 0 Å². The zero-order chi connectivity index (χ0) is 38.6. The van der Waals surface area contributed by atoms with Crippen molar-refractivity contribution in [2.24, 2.45) is 0 Å². The van der Waals surface area contributed by atoms with Crippen molar-refractivity contribution in [1.82, 2.24) is 4.57 Å². The van der Waals surface area contributed by atoms with Crippen molar-refractivity contribution >= 4 is 38.9 Å². The predicted octanol–water partition coefficient (Wildman–Crippen LogP) is 14.9. The molecule has 0 saturated carbocycles. The van der Waals surface area contributed by atoms with Crippen molar-refractivity contribution in [2.75, 3.05) is 4.90 Å². The summed E-state index contributed by atoms with van der Waals surface area (Å²) in [6.07, 6.45) is 0. The Morgan fingerprint density at radius 1 is 0.362 bits per heavy atom. The van der Waals surface area contributed by atoms with Crippen molar-refractivity contribution in [3.63, 3.8) is 0 Å². The van der Waals surface area contributed by atoms with Crippen molar-refractivity contribution < 1.29 is 0 Å². The Morgan fingerprint density at radius 3 is 1.48 bits per heavy atom.